The fourth-order valence-corrected chi connectivity index (χ4v) is 2.09. The highest BCUT2D eigenvalue weighted by Crippen LogP contribution is 2.18. The summed E-state index contributed by atoms with van der Waals surface area (Å²) in [4.78, 5) is 10.8. The fourth-order valence-electron chi connectivity index (χ4n) is 2.09. The molecule has 0 amide bonds. The number of furan rings is 1. The van der Waals surface area contributed by atoms with Crippen LogP contribution in [0.4, 0.5) is 0 Å². The molecule has 0 atom stereocenters. The van der Waals surface area contributed by atoms with Gasteiger partial charge in [-0.25, -0.2) is 4.79 Å². The van der Waals surface area contributed by atoms with Crippen molar-refractivity contribution >= 4 is 5.97 Å². The molecule has 2 heterocycles. The third-order valence-electron chi connectivity index (χ3n) is 3.06. The Morgan fingerprint density at radius 1 is 1.53 bits per heavy atom. The van der Waals surface area contributed by atoms with Gasteiger partial charge in [0.1, 0.15) is 17.5 Å². The van der Waals surface area contributed by atoms with E-state index in [9.17, 15) is 10.1 Å². The minimum atomic E-state index is -1.09. The first-order chi connectivity index (χ1) is 9.06. The fraction of sp³-hybridized carbons (Fsp3) is 0.286. The van der Waals surface area contributed by atoms with E-state index in [2.05, 4.69) is 6.07 Å². The van der Waals surface area contributed by atoms with Gasteiger partial charge in [0.25, 0.3) is 0 Å². The van der Waals surface area contributed by atoms with E-state index in [1.807, 2.05) is 24.5 Å². The van der Waals surface area contributed by atoms with Gasteiger partial charge < -0.3 is 14.1 Å². The number of hydrogen-bond donors (Lipinski definition) is 1. The Balaban J connectivity index is 2.35. The Morgan fingerprint density at radius 2 is 2.26 bits per heavy atom. The van der Waals surface area contributed by atoms with Crippen molar-refractivity contribution in [1.82, 2.24) is 4.57 Å². The third kappa shape index (κ3) is 2.38. The lowest BCUT2D eigenvalue weighted by atomic mass is 10.2. The lowest BCUT2D eigenvalue weighted by Gasteiger charge is -2.05. The van der Waals surface area contributed by atoms with E-state index in [1.54, 1.807) is 6.07 Å². The van der Waals surface area contributed by atoms with Crippen molar-refractivity contribution in [3.8, 4) is 6.07 Å². The average Bonchev–Trinajstić information content (AvgIpc) is 2.95. The molecule has 0 bridgehead atoms. The van der Waals surface area contributed by atoms with E-state index in [-0.39, 0.29) is 5.76 Å². The van der Waals surface area contributed by atoms with Crippen LogP contribution in [-0.2, 0) is 13.0 Å². The molecule has 0 aliphatic rings. The SMILES string of the molecule is CCc1cc(C)n(Cc2ccc(C(=O)O)o2)c1C#N. The van der Waals surface area contributed by atoms with Gasteiger partial charge in [-0.05, 0) is 37.1 Å². The minimum absolute atomic E-state index is 0.0889. The molecule has 0 aliphatic carbocycles. The highest BCUT2D eigenvalue weighted by molar-refractivity contribution is 5.84. The molecule has 2 rings (SSSR count). The molecule has 2 aromatic heterocycles. The van der Waals surface area contributed by atoms with E-state index in [0.717, 1.165) is 17.7 Å². The molecule has 0 radical (unpaired) electrons. The Bertz CT molecular complexity index is 659. The van der Waals surface area contributed by atoms with E-state index < -0.39 is 5.97 Å². The van der Waals surface area contributed by atoms with Gasteiger partial charge in [0.2, 0.25) is 5.76 Å². The molecule has 0 unspecified atom stereocenters. The van der Waals surface area contributed by atoms with Gasteiger partial charge in [-0.3, -0.25) is 0 Å². The van der Waals surface area contributed by atoms with Crippen molar-refractivity contribution in [1.29, 1.82) is 5.26 Å². The van der Waals surface area contributed by atoms with Crippen molar-refractivity contribution < 1.29 is 14.3 Å². The smallest absolute Gasteiger partial charge is 0.371 e. The van der Waals surface area contributed by atoms with Crippen molar-refractivity contribution in [2.24, 2.45) is 0 Å². The summed E-state index contributed by atoms with van der Waals surface area (Å²) >= 11 is 0. The molecule has 1 N–H and O–H groups in total. The zero-order valence-electron chi connectivity index (χ0n) is 10.8. The predicted octanol–water partition coefficient (Wildman–Crippen LogP) is 2.57. The van der Waals surface area contributed by atoms with Crippen molar-refractivity contribution in [2.45, 2.75) is 26.8 Å². The molecule has 19 heavy (non-hydrogen) atoms. The first-order valence-corrected chi connectivity index (χ1v) is 5.98. The van der Waals surface area contributed by atoms with Crippen LogP contribution in [0, 0.1) is 18.3 Å². The second kappa shape index (κ2) is 5.02. The van der Waals surface area contributed by atoms with Crippen LogP contribution in [0.3, 0.4) is 0 Å². The Hall–Kier alpha value is -2.48. The van der Waals surface area contributed by atoms with Crippen LogP contribution in [0.1, 0.15) is 40.2 Å². The Morgan fingerprint density at radius 3 is 2.79 bits per heavy atom. The first-order valence-electron chi connectivity index (χ1n) is 5.98. The minimum Gasteiger partial charge on any atom is -0.475 e. The number of carboxylic acid groups (broad SMARTS) is 1. The molecular weight excluding hydrogens is 244 g/mol. The summed E-state index contributed by atoms with van der Waals surface area (Å²) in [6, 6.07) is 7.20. The maximum atomic E-state index is 10.8. The molecule has 5 heteroatoms. The molecule has 5 nitrogen and oxygen atoms in total. The van der Waals surface area contributed by atoms with Crippen molar-refractivity contribution in [3.05, 3.63) is 46.7 Å². The summed E-state index contributed by atoms with van der Waals surface area (Å²) in [7, 11) is 0. The van der Waals surface area contributed by atoms with Gasteiger partial charge in [0.05, 0.1) is 6.54 Å². The van der Waals surface area contributed by atoms with Gasteiger partial charge in [0.15, 0.2) is 0 Å². The van der Waals surface area contributed by atoms with E-state index in [4.69, 9.17) is 9.52 Å². The molecule has 2 aromatic rings. The summed E-state index contributed by atoms with van der Waals surface area (Å²) in [6.45, 7) is 4.28. The standard InChI is InChI=1S/C14H14N2O3/c1-3-10-6-9(2)16(12(10)7-15)8-11-4-5-13(19-11)14(17)18/h4-6H,3,8H2,1-2H3,(H,17,18). The number of nitriles is 1. The van der Waals surface area contributed by atoms with Gasteiger partial charge in [0, 0.05) is 5.69 Å². The number of aromatic carboxylic acids is 1. The molecule has 0 spiro atoms. The molecular formula is C14H14N2O3. The summed E-state index contributed by atoms with van der Waals surface area (Å²) in [5.41, 5.74) is 2.56. The summed E-state index contributed by atoms with van der Waals surface area (Å²) in [5, 5.41) is 18.0. The largest absolute Gasteiger partial charge is 0.475 e. The summed E-state index contributed by atoms with van der Waals surface area (Å²) < 4.78 is 7.05. The Labute approximate surface area is 110 Å². The van der Waals surface area contributed by atoms with E-state index in [0.29, 0.717) is 18.0 Å². The third-order valence-corrected chi connectivity index (χ3v) is 3.06. The quantitative estimate of drug-likeness (QED) is 0.914. The van der Waals surface area contributed by atoms with Gasteiger partial charge in [-0.2, -0.15) is 5.26 Å². The van der Waals surface area contributed by atoms with E-state index in [1.165, 1.54) is 6.07 Å². The average molecular weight is 258 g/mol. The van der Waals surface area contributed by atoms with Gasteiger partial charge >= 0.3 is 5.97 Å². The summed E-state index contributed by atoms with van der Waals surface area (Å²) in [5.74, 6) is -0.658. The van der Waals surface area contributed by atoms with Crippen LogP contribution >= 0.6 is 0 Å². The number of aryl methyl sites for hydroxylation is 2. The molecule has 0 fully saturated rings. The second-order valence-corrected chi connectivity index (χ2v) is 4.28. The Kier molecular flexibility index (Phi) is 3.43. The molecule has 0 saturated heterocycles. The lowest BCUT2D eigenvalue weighted by Crippen LogP contribution is -2.04. The van der Waals surface area contributed by atoms with E-state index >= 15 is 0 Å². The normalized spacial score (nSPS) is 10.4. The zero-order chi connectivity index (χ0) is 14.0. The van der Waals surface area contributed by atoms with Crippen LogP contribution in [0.25, 0.3) is 0 Å². The van der Waals surface area contributed by atoms with Crippen LogP contribution < -0.4 is 0 Å². The highest BCUT2D eigenvalue weighted by Gasteiger charge is 2.14. The maximum absolute atomic E-state index is 10.8. The van der Waals surface area contributed by atoms with Crippen LogP contribution in [0.15, 0.2) is 22.6 Å². The van der Waals surface area contributed by atoms with Crippen LogP contribution in [0.5, 0.6) is 0 Å². The lowest BCUT2D eigenvalue weighted by molar-refractivity contribution is 0.0660. The zero-order valence-corrected chi connectivity index (χ0v) is 10.8. The monoisotopic (exact) mass is 258 g/mol. The molecule has 0 aliphatic heterocycles. The number of nitrogens with zero attached hydrogens (tertiary/aromatic N) is 2. The highest BCUT2D eigenvalue weighted by atomic mass is 16.4. The molecule has 0 saturated carbocycles. The number of carbonyl (C=O) groups is 1. The van der Waals surface area contributed by atoms with Crippen molar-refractivity contribution in [3.63, 3.8) is 0 Å². The second-order valence-electron chi connectivity index (χ2n) is 4.28. The van der Waals surface area contributed by atoms with Gasteiger partial charge in [-0.15, -0.1) is 0 Å². The first kappa shape index (κ1) is 13.0. The van der Waals surface area contributed by atoms with Crippen LogP contribution in [0.2, 0.25) is 0 Å². The maximum Gasteiger partial charge on any atom is 0.371 e. The number of aromatic nitrogens is 1. The predicted molar refractivity (Wildman–Crippen MR) is 68.0 cm³/mol. The number of hydrogen-bond acceptors (Lipinski definition) is 3. The van der Waals surface area contributed by atoms with Crippen LogP contribution in [-0.4, -0.2) is 15.6 Å². The molecule has 0 aromatic carbocycles. The molecule has 98 valence electrons. The van der Waals surface area contributed by atoms with Gasteiger partial charge in [-0.1, -0.05) is 6.92 Å². The van der Waals surface area contributed by atoms with Crippen molar-refractivity contribution in [2.75, 3.05) is 0 Å². The number of rotatable bonds is 4. The topological polar surface area (TPSA) is 79.2 Å². The number of carboxylic acids is 1. The summed E-state index contributed by atoms with van der Waals surface area (Å²) in [6.07, 6.45) is 0.787.